The van der Waals surface area contributed by atoms with Crippen molar-refractivity contribution in [3.05, 3.63) is 0 Å². The fourth-order valence-electron chi connectivity index (χ4n) is 7.58. The molecule has 6 rings (SSSR count). The van der Waals surface area contributed by atoms with Gasteiger partial charge >= 0.3 is 5.97 Å². The molecule has 4 aliphatic heterocycles. The van der Waals surface area contributed by atoms with Crippen LogP contribution < -0.4 is 0 Å². The molecule has 0 aromatic rings. The van der Waals surface area contributed by atoms with Gasteiger partial charge in [0.1, 0.15) is 11.7 Å². The molecule has 0 bridgehead atoms. The number of nitrogens with zero attached hydrogens (tertiary/aromatic N) is 1. The number of fused-ring (bicyclic) bond motifs is 2. The summed E-state index contributed by atoms with van der Waals surface area (Å²) in [6, 6.07) is 0. The number of epoxide rings is 1. The van der Waals surface area contributed by atoms with Crippen molar-refractivity contribution in [3.63, 3.8) is 0 Å². The van der Waals surface area contributed by atoms with E-state index in [1.807, 2.05) is 0 Å². The molecular weight excluding hydrogens is 358 g/mol. The monoisotopic (exact) mass is 391 g/mol. The summed E-state index contributed by atoms with van der Waals surface area (Å²) in [6.07, 6.45) is 6.73. The highest BCUT2D eigenvalue weighted by Crippen LogP contribution is 2.70. The lowest BCUT2D eigenvalue weighted by Gasteiger charge is -2.49. The Hall–Kier alpha value is -0.690. The van der Waals surface area contributed by atoms with E-state index in [1.165, 1.54) is 19.3 Å². The van der Waals surface area contributed by atoms with Crippen LogP contribution in [0.4, 0.5) is 0 Å². The van der Waals surface area contributed by atoms with E-state index in [-0.39, 0.29) is 46.8 Å². The van der Waals surface area contributed by atoms with Crippen LogP contribution in [-0.2, 0) is 23.7 Å². The highest BCUT2D eigenvalue weighted by molar-refractivity contribution is 5.76. The lowest BCUT2D eigenvalue weighted by Crippen LogP contribution is -2.55. The van der Waals surface area contributed by atoms with Crippen LogP contribution in [0.25, 0.3) is 0 Å². The second kappa shape index (κ2) is 5.93. The van der Waals surface area contributed by atoms with Gasteiger partial charge in [0.05, 0.1) is 25.2 Å². The summed E-state index contributed by atoms with van der Waals surface area (Å²) < 4.78 is 24.2. The van der Waals surface area contributed by atoms with Crippen LogP contribution in [0.3, 0.4) is 0 Å². The first kappa shape index (κ1) is 18.1. The number of hydrogen-bond donors (Lipinski definition) is 0. The van der Waals surface area contributed by atoms with E-state index in [9.17, 15) is 4.79 Å². The topological polar surface area (TPSA) is 60.5 Å². The van der Waals surface area contributed by atoms with Gasteiger partial charge in [-0.2, -0.15) is 0 Å². The first-order valence-electron chi connectivity index (χ1n) is 11.4. The van der Waals surface area contributed by atoms with E-state index in [2.05, 4.69) is 18.7 Å². The van der Waals surface area contributed by atoms with Crippen LogP contribution in [0.2, 0.25) is 0 Å². The molecule has 0 aromatic heterocycles. The van der Waals surface area contributed by atoms with Crippen molar-refractivity contribution in [2.24, 2.45) is 23.2 Å². The average molecular weight is 392 g/mol. The number of rotatable bonds is 2. The zero-order chi connectivity index (χ0) is 19.1. The van der Waals surface area contributed by atoms with Crippen LogP contribution in [0.5, 0.6) is 0 Å². The molecule has 7 atom stereocenters. The molecule has 0 amide bonds. The van der Waals surface area contributed by atoms with E-state index in [0.29, 0.717) is 19.1 Å². The second-order valence-corrected chi connectivity index (χ2v) is 10.5. The third-order valence-corrected chi connectivity index (χ3v) is 9.08. The van der Waals surface area contributed by atoms with Crippen molar-refractivity contribution in [1.82, 2.24) is 4.90 Å². The van der Waals surface area contributed by atoms with Gasteiger partial charge in [-0.1, -0.05) is 20.3 Å². The highest BCUT2D eigenvalue weighted by Gasteiger charge is 2.78. The highest BCUT2D eigenvalue weighted by atomic mass is 16.7. The summed E-state index contributed by atoms with van der Waals surface area (Å²) in [6.45, 7) is 8.78. The minimum absolute atomic E-state index is 0.00384. The molecule has 4 heterocycles. The van der Waals surface area contributed by atoms with Crippen molar-refractivity contribution < 1.29 is 23.7 Å². The van der Waals surface area contributed by atoms with Crippen molar-refractivity contribution >= 4 is 5.97 Å². The molecule has 28 heavy (non-hydrogen) atoms. The van der Waals surface area contributed by atoms with Crippen molar-refractivity contribution in [2.75, 3.05) is 32.8 Å². The maximum Gasteiger partial charge on any atom is 0.311 e. The fourth-order valence-corrected chi connectivity index (χ4v) is 7.58. The summed E-state index contributed by atoms with van der Waals surface area (Å²) in [7, 11) is 0. The zero-order valence-corrected chi connectivity index (χ0v) is 17.2. The van der Waals surface area contributed by atoms with Crippen molar-refractivity contribution in [2.45, 2.75) is 76.0 Å². The van der Waals surface area contributed by atoms with Gasteiger partial charge < -0.3 is 23.8 Å². The molecule has 0 aromatic carbocycles. The summed E-state index contributed by atoms with van der Waals surface area (Å²) in [4.78, 5) is 15.3. The molecule has 2 aliphatic carbocycles. The summed E-state index contributed by atoms with van der Waals surface area (Å²) >= 11 is 0. The maximum absolute atomic E-state index is 12.9. The number of hydrogen-bond acceptors (Lipinski definition) is 6. The first-order chi connectivity index (χ1) is 13.5. The third-order valence-electron chi connectivity index (χ3n) is 9.08. The standard InChI is InChI=1S/C22H33NO5/c1-14-4-3-5-20(2)12-16-17(18-22(14,20)28-18)15(19(24)27-16)13-23-8-6-21(7-9-23)25-10-11-26-21/h14-18H,3-13H2,1-2H3. The van der Waals surface area contributed by atoms with E-state index < -0.39 is 0 Å². The number of likely N-dealkylation sites (tertiary alicyclic amines) is 1. The van der Waals surface area contributed by atoms with Crippen LogP contribution in [0.15, 0.2) is 0 Å². The van der Waals surface area contributed by atoms with Gasteiger partial charge in [-0.25, -0.2) is 0 Å². The molecule has 156 valence electrons. The molecule has 2 spiro atoms. The molecule has 7 unspecified atom stereocenters. The predicted octanol–water partition coefficient (Wildman–Crippen LogP) is 2.35. The molecule has 4 saturated heterocycles. The first-order valence-corrected chi connectivity index (χ1v) is 11.4. The maximum atomic E-state index is 12.9. The Balaban J connectivity index is 1.18. The van der Waals surface area contributed by atoms with E-state index >= 15 is 0 Å². The molecule has 0 radical (unpaired) electrons. The Kier molecular flexibility index (Phi) is 3.84. The smallest absolute Gasteiger partial charge is 0.311 e. The number of carbonyl (C=O) groups is 1. The molecule has 0 N–H and O–H groups in total. The molecule has 6 nitrogen and oxygen atoms in total. The Labute approximate surface area is 167 Å². The molecule has 6 fully saturated rings. The van der Waals surface area contributed by atoms with E-state index in [1.54, 1.807) is 0 Å². The van der Waals surface area contributed by atoms with Gasteiger partial charge in [0.2, 0.25) is 0 Å². The quantitative estimate of drug-likeness (QED) is 0.532. The molecular formula is C22H33NO5. The van der Waals surface area contributed by atoms with Crippen LogP contribution in [0.1, 0.15) is 52.4 Å². The van der Waals surface area contributed by atoms with Crippen molar-refractivity contribution in [3.8, 4) is 0 Å². The average Bonchev–Trinajstić information content (AvgIpc) is 3.16. The largest absolute Gasteiger partial charge is 0.462 e. The van der Waals surface area contributed by atoms with Crippen molar-refractivity contribution in [1.29, 1.82) is 0 Å². The Morgan fingerprint density at radius 3 is 2.64 bits per heavy atom. The fraction of sp³-hybridized carbons (Fsp3) is 0.955. The number of ether oxygens (including phenoxy) is 4. The lowest BCUT2D eigenvalue weighted by molar-refractivity contribution is -0.186. The normalized spacial score (nSPS) is 52.1. The minimum Gasteiger partial charge on any atom is -0.462 e. The lowest BCUT2D eigenvalue weighted by atomic mass is 9.53. The van der Waals surface area contributed by atoms with Gasteiger partial charge in [0, 0.05) is 43.8 Å². The number of esters is 1. The SMILES string of the molecule is CC1CCCC2(C)CC3OC(=O)C(CN4CCC5(CC4)OCCO5)C3C3OC132. The second-order valence-electron chi connectivity index (χ2n) is 10.5. The van der Waals surface area contributed by atoms with Gasteiger partial charge in [0.25, 0.3) is 0 Å². The van der Waals surface area contributed by atoms with Crippen LogP contribution >= 0.6 is 0 Å². The molecule has 6 aliphatic rings. The van der Waals surface area contributed by atoms with Crippen LogP contribution in [0, 0.1) is 23.2 Å². The van der Waals surface area contributed by atoms with Gasteiger partial charge in [0.15, 0.2) is 5.79 Å². The Morgan fingerprint density at radius 1 is 1.14 bits per heavy atom. The molecule has 2 saturated carbocycles. The predicted molar refractivity (Wildman–Crippen MR) is 101 cm³/mol. The van der Waals surface area contributed by atoms with Crippen LogP contribution in [-0.4, -0.2) is 67.3 Å². The van der Waals surface area contributed by atoms with E-state index in [0.717, 1.165) is 38.9 Å². The summed E-state index contributed by atoms with van der Waals surface area (Å²) in [5, 5.41) is 0. The number of carbonyl (C=O) groups excluding carboxylic acids is 1. The number of piperidine rings is 1. The molecule has 6 heteroatoms. The summed E-state index contributed by atoms with van der Waals surface area (Å²) in [5.74, 6) is 0.413. The third kappa shape index (κ3) is 2.32. The van der Waals surface area contributed by atoms with Gasteiger partial charge in [-0.15, -0.1) is 0 Å². The van der Waals surface area contributed by atoms with Gasteiger partial charge in [-0.05, 0) is 25.2 Å². The summed E-state index contributed by atoms with van der Waals surface area (Å²) in [5.41, 5.74) is 0.163. The van der Waals surface area contributed by atoms with Gasteiger partial charge in [-0.3, -0.25) is 4.79 Å². The zero-order valence-electron chi connectivity index (χ0n) is 17.2. The van der Waals surface area contributed by atoms with E-state index in [4.69, 9.17) is 18.9 Å². The minimum atomic E-state index is -0.358. The Bertz CT molecular complexity index is 668. The Morgan fingerprint density at radius 2 is 1.89 bits per heavy atom.